The van der Waals surface area contributed by atoms with Gasteiger partial charge in [-0.05, 0) is 19.3 Å². The van der Waals surface area contributed by atoms with Gasteiger partial charge in [0, 0.05) is 37.9 Å². The van der Waals surface area contributed by atoms with Gasteiger partial charge in [-0.1, -0.05) is 13.0 Å². The van der Waals surface area contributed by atoms with Gasteiger partial charge in [0.05, 0.1) is 6.61 Å². The number of carbonyl (C=O) groups excluding carboxylic acids is 2. The van der Waals surface area contributed by atoms with E-state index in [9.17, 15) is 9.59 Å². The summed E-state index contributed by atoms with van der Waals surface area (Å²) in [6.07, 6.45) is 4.96. The molecule has 2 amide bonds. The third-order valence-corrected chi connectivity index (χ3v) is 3.71. The van der Waals surface area contributed by atoms with Crippen molar-refractivity contribution in [3.63, 3.8) is 0 Å². The Kier molecular flexibility index (Phi) is 6.71. The maximum atomic E-state index is 12.0. The molecule has 1 aliphatic carbocycles. The van der Waals surface area contributed by atoms with Gasteiger partial charge in [-0.2, -0.15) is 0 Å². The van der Waals surface area contributed by atoms with E-state index in [-0.39, 0.29) is 36.7 Å². The second-order valence-corrected chi connectivity index (χ2v) is 5.56. The Morgan fingerprint density at radius 2 is 2.10 bits per heavy atom. The van der Waals surface area contributed by atoms with Crippen LogP contribution in [0.15, 0.2) is 12.7 Å². The second-order valence-electron chi connectivity index (χ2n) is 5.56. The molecule has 2 N–H and O–H groups in total. The van der Waals surface area contributed by atoms with Crippen LogP contribution < -0.4 is 5.32 Å². The standard InChI is InChI=1S/C15H26N2O3/c1-3-9-17(10-4-2)14(20)6-5-13(19)16-11-15(12-18)7-8-15/h3,18H,1,4-12H2,2H3,(H,16,19). The summed E-state index contributed by atoms with van der Waals surface area (Å²) in [4.78, 5) is 25.4. The van der Waals surface area contributed by atoms with Crippen molar-refractivity contribution in [3.8, 4) is 0 Å². The van der Waals surface area contributed by atoms with Gasteiger partial charge in [0.15, 0.2) is 0 Å². The average molecular weight is 282 g/mol. The van der Waals surface area contributed by atoms with Crippen LogP contribution in [-0.2, 0) is 9.59 Å². The number of nitrogens with one attached hydrogen (secondary N) is 1. The number of amides is 2. The molecule has 20 heavy (non-hydrogen) atoms. The fourth-order valence-corrected chi connectivity index (χ4v) is 2.06. The molecule has 5 nitrogen and oxygen atoms in total. The Hall–Kier alpha value is -1.36. The lowest BCUT2D eigenvalue weighted by molar-refractivity contribution is -0.133. The van der Waals surface area contributed by atoms with Crippen molar-refractivity contribution in [1.82, 2.24) is 10.2 Å². The minimum absolute atomic E-state index is 0.00908. The number of nitrogens with zero attached hydrogens (tertiary/aromatic N) is 1. The maximum absolute atomic E-state index is 12.0. The number of carbonyl (C=O) groups is 2. The summed E-state index contributed by atoms with van der Waals surface area (Å²) in [6, 6.07) is 0. The molecule has 0 atom stereocenters. The molecule has 0 spiro atoms. The lowest BCUT2D eigenvalue weighted by Crippen LogP contribution is -2.35. The fourth-order valence-electron chi connectivity index (χ4n) is 2.06. The molecule has 0 radical (unpaired) electrons. The summed E-state index contributed by atoms with van der Waals surface area (Å²) in [5.41, 5.74) is -0.0866. The Morgan fingerprint density at radius 1 is 1.40 bits per heavy atom. The maximum Gasteiger partial charge on any atom is 0.223 e. The monoisotopic (exact) mass is 282 g/mol. The smallest absolute Gasteiger partial charge is 0.223 e. The Labute approximate surface area is 121 Å². The van der Waals surface area contributed by atoms with Crippen molar-refractivity contribution >= 4 is 11.8 Å². The molecule has 1 rings (SSSR count). The average Bonchev–Trinajstić information content (AvgIpc) is 3.23. The predicted molar refractivity (Wildman–Crippen MR) is 78.1 cm³/mol. The van der Waals surface area contributed by atoms with Crippen molar-refractivity contribution in [3.05, 3.63) is 12.7 Å². The normalized spacial score (nSPS) is 15.5. The van der Waals surface area contributed by atoms with E-state index in [0.717, 1.165) is 19.3 Å². The van der Waals surface area contributed by atoms with E-state index in [4.69, 9.17) is 5.11 Å². The Bertz CT molecular complexity index is 351. The summed E-state index contributed by atoms with van der Waals surface area (Å²) in [5.74, 6) is -0.127. The van der Waals surface area contributed by atoms with Crippen LogP contribution in [0.5, 0.6) is 0 Å². The number of rotatable bonds is 10. The van der Waals surface area contributed by atoms with Gasteiger partial charge in [0.25, 0.3) is 0 Å². The van der Waals surface area contributed by atoms with Gasteiger partial charge >= 0.3 is 0 Å². The van der Waals surface area contributed by atoms with Crippen molar-refractivity contribution in [2.24, 2.45) is 5.41 Å². The molecule has 114 valence electrons. The van der Waals surface area contributed by atoms with E-state index in [1.165, 1.54) is 0 Å². The van der Waals surface area contributed by atoms with Crippen molar-refractivity contribution in [2.75, 3.05) is 26.2 Å². The van der Waals surface area contributed by atoms with Gasteiger partial charge in [0.2, 0.25) is 11.8 Å². The summed E-state index contributed by atoms with van der Waals surface area (Å²) in [5, 5.41) is 12.0. The molecule has 0 aromatic rings. The quantitative estimate of drug-likeness (QED) is 0.589. The molecule has 0 saturated heterocycles. The summed E-state index contributed by atoms with van der Waals surface area (Å²) >= 11 is 0. The minimum atomic E-state index is -0.117. The van der Waals surface area contributed by atoms with Gasteiger partial charge in [0.1, 0.15) is 0 Å². The first-order valence-electron chi connectivity index (χ1n) is 7.33. The first-order chi connectivity index (χ1) is 9.56. The lowest BCUT2D eigenvalue weighted by atomic mass is 10.1. The molecule has 0 bridgehead atoms. The zero-order valence-electron chi connectivity index (χ0n) is 12.4. The summed E-state index contributed by atoms with van der Waals surface area (Å²) in [7, 11) is 0. The van der Waals surface area contributed by atoms with Crippen LogP contribution in [0.2, 0.25) is 0 Å². The SMILES string of the molecule is C=CCN(CCC)C(=O)CCC(=O)NCC1(CO)CC1. The molecule has 1 fully saturated rings. The highest BCUT2D eigenvalue weighted by Gasteiger charge is 2.41. The first-order valence-corrected chi connectivity index (χ1v) is 7.33. The highest BCUT2D eigenvalue weighted by molar-refractivity contribution is 5.83. The third kappa shape index (κ3) is 5.33. The molecule has 1 aliphatic rings. The fraction of sp³-hybridized carbons (Fsp3) is 0.733. The van der Waals surface area contributed by atoms with Gasteiger partial charge in [-0.15, -0.1) is 6.58 Å². The number of hydrogen-bond donors (Lipinski definition) is 2. The van der Waals surface area contributed by atoms with Crippen LogP contribution in [0.3, 0.4) is 0 Å². The first kappa shape index (κ1) is 16.7. The largest absolute Gasteiger partial charge is 0.396 e. The van der Waals surface area contributed by atoms with Gasteiger partial charge in [-0.3, -0.25) is 9.59 Å². The zero-order chi connectivity index (χ0) is 15.0. The molecular weight excluding hydrogens is 256 g/mol. The Morgan fingerprint density at radius 3 is 2.60 bits per heavy atom. The van der Waals surface area contributed by atoms with Crippen LogP contribution in [0.25, 0.3) is 0 Å². The van der Waals surface area contributed by atoms with E-state index in [1.54, 1.807) is 11.0 Å². The molecule has 0 aromatic carbocycles. The second kappa shape index (κ2) is 8.04. The molecule has 0 aliphatic heterocycles. The van der Waals surface area contributed by atoms with E-state index in [1.807, 2.05) is 6.92 Å². The van der Waals surface area contributed by atoms with Crippen LogP contribution >= 0.6 is 0 Å². The highest BCUT2D eigenvalue weighted by atomic mass is 16.3. The molecule has 1 saturated carbocycles. The predicted octanol–water partition coefficient (Wildman–Crippen LogP) is 1.08. The van der Waals surface area contributed by atoms with E-state index >= 15 is 0 Å². The number of aliphatic hydroxyl groups is 1. The van der Waals surface area contributed by atoms with E-state index in [0.29, 0.717) is 19.6 Å². The summed E-state index contributed by atoms with van der Waals surface area (Å²) < 4.78 is 0. The number of aliphatic hydroxyl groups excluding tert-OH is 1. The van der Waals surface area contributed by atoms with Gasteiger partial charge < -0.3 is 15.3 Å². The zero-order valence-corrected chi connectivity index (χ0v) is 12.4. The molecule has 0 heterocycles. The van der Waals surface area contributed by atoms with E-state index in [2.05, 4.69) is 11.9 Å². The third-order valence-electron chi connectivity index (χ3n) is 3.71. The Balaban J connectivity index is 2.24. The molecule has 0 unspecified atom stereocenters. The minimum Gasteiger partial charge on any atom is -0.396 e. The van der Waals surface area contributed by atoms with Crippen molar-refractivity contribution < 1.29 is 14.7 Å². The molecular formula is C15H26N2O3. The van der Waals surface area contributed by atoms with Crippen LogP contribution in [-0.4, -0.2) is 48.1 Å². The molecule has 0 aromatic heterocycles. The van der Waals surface area contributed by atoms with Crippen LogP contribution in [0, 0.1) is 5.41 Å². The lowest BCUT2D eigenvalue weighted by Gasteiger charge is -2.20. The van der Waals surface area contributed by atoms with Crippen LogP contribution in [0.1, 0.15) is 39.0 Å². The van der Waals surface area contributed by atoms with Crippen LogP contribution in [0.4, 0.5) is 0 Å². The van der Waals surface area contributed by atoms with Gasteiger partial charge in [-0.25, -0.2) is 0 Å². The highest BCUT2D eigenvalue weighted by Crippen LogP contribution is 2.44. The van der Waals surface area contributed by atoms with Crippen molar-refractivity contribution in [2.45, 2.75) is 39.0 Å². The van der Waals surface area contributed by atoms with E-state index < -0.39 is 0 Å². The topological polar surface area (TPSA) is 69.6 Å². The summed E-state index contributed by atoms with van der Waals surface area (Å²) in [6.45, 7) is 7.51. The van der Waals surface area contributed by atoms with Crippen molar-refractivity contribution in [1.29, 1.82) is 0 Å². The number of hydrogen-bond acceptors (Lipinski definition) is 3. The molecule has 5 heteroatoms.